The highest BCUT2D eigenvalue weighted by atomic mass is 16.1. The molecule has 0 aromatic heterocycles. The number of piperidine rings is 1. The normalized spacial score (nSPS) is 35.6. The number of primary amides is 1. The van der Waals surface area contributed by atoms with Gasteiger partial charge in [0, 0.05) is 23.1 Å². The zero-order valence-electron chi connectivity index (χ0n) is 15.3. The molecule has 5 rings (SSSR count). The Bertz CT molecular complexity index is 710. The van der Waals surface area contributed by atoms with E-state index in [4.69, 9.17) is 5.73 Å². The van der Waals surface area contributed by atoms with E-state index >= 15 is 0 Å². The van der Waals surface area contributed by atoms with E-state index in [1.807, 2.05) is 6.07 Å². The van der Waals surface area contributed by atoms with Gasteiger partial charge < -0.3 is 5.73 Å². The van der Waals surface area contributed by atoms with Gasteiger partial charge in [0.15, 0.2) is 0 Å². The third-order valence-corrected chi connectivity index (χ3v) is 7.99. The smallest absolute Gasteiger partial charge is 0.248 e. The topological polar surface area (TPSA) is 46.3 Å². The lowest BCUT2D eigenvalue weighted by Gasteiger charge is -2.60. The van der Waals surface area contributed by atoms with Crippen LogP contribution in [0.2, 0.25) is 0 Å². The van der Waals surface area contributed by atoms with E-state index < -0.39 is 0 Å². The first-order chi connectivity index (χ1) is 12.1. The number of benzene rings is 1. The Balaban J connectivity index is 1.59. The van der Waals surface area contributed by atoms with Gasteiger partial charge in [0.1, 0.15) is 0 Å². The monoisotopic (exact) mass is 338 g/mol. The molecule has 25 heavy (non-hydrogen) atoms. The molecule has 1 saturated heterocycles. The molecule has 2 N–H and O–H groups in total. The summed E-state index contributed by atoms with van der Waals surface area (Å²) in [5.41, 5.74) is 9.56. The molecular formula is C22H30N2O. The second-order valence-electron chi connectivity index (χ2n) is 9.08. The lowest BCUT2D eigenvalue weighted by molar-refractivity contribution is -0.0343. The van der Waals surface area contributed by atoms with Crippen LogP contribution in [0.1, 0.15) is 73.4 Å². The summed E-state index contributed by atoms with van der Waals surface area (Å²) in [6.45, 7) is 3.71. The highest BCUT2D eigenvalue weighted by Gasteiger charge is 2.55. The van der Waals surface area contributed by atoms with Crippen molar-refractivity contribution < 1.29 is 4.79 Å². The Labute approximate surface area is 151 Å². The predicted octanol–water partition coefficient (Wildman–Crippen LogP) is 3.64. The van der Waals surface area contributed by atoms with Crippen molar-refractivity contribution in [2.45, 2.75) is 75.8 Å². The van der Waals surface area contributed by atoms with Crippen LogP contribution in [0.3, 0.4) is 0 Å². The third-order valence-electron chi connectivity index (χ3n) is 7.99. The number of hydrogen-bond acceptors (Lipinski definition) is 2. The molecule has 0 radical (unpaired) electrons. The summed E-state index contributed by atoms with van der Waals surface area (Å²) in [7, 11) is 0. The quantitative estimate of drug-likeness (QED) is 0.914. The molecule has 1 aromatic rings. The molecule has 3 aliphatic carbocycles. The van der Waals surface area contributed by atoms with Crippen LogP contribution in [0.5, 0.6) is 0 Å². The molecule has 2 bridgehead atoms. The van der Waals surface area contributed by atoms with E-state index in [0.29, 0.717) is 17.0 Å². The van der Waals surface area contributed by atoms with Gasteiger partial charge in [-0.3, -0.25) is 9.69 Å². The molecule has 1 aromatic carbocycles. The van der Waals surface area contributed by atoms with Crippen LogP contribution in [0.4, 0.5) is 0 Å². The SMILES string of the molecule is C[C@H](C1CC1)N1CC[C@]23CCCC[C@H]2C1Cc1ccc(C(N)=O)cc13. The van der Waals surface area contributed by atoms with Crippen LogP contribution in [0, 0.1) is 11.8 Å². The first kappa shape index (κ1) is 15.9. The molecule has 4 aliphatic rings. The largest absolute Gasteiger partial charge is 0.366 e. The summed E-state index contributed by atoms with van der Waals surface area (Å²) in [5.74, 6) is 1.43. The summed E-state index contributed by atoms with van der Waals surface area (Å²) >= 11 is 0. The molecule has 3 fully saturated rings. The number of fused-ring (bicyclic) bond motifs is 1. The van der Waals surface area contributed by atoms with E-state index in [9.17, 15) is 4.79 Å². The number of nitrogens with two attached hydrogens (primary N) is 1. The fraction of sp³-hybridized carbons (Fsp3) is 0.682. The van der Waals surface area contributed by atoms with Crippen LogP contribution in [-0.4, -0.2) is 29.4 Å². The van der Waals surface area contributed by atoms with Crippen molar-refractivity contribution in [1.82, 2.24) is 4.90 Å². The highest BCUT2D eigenvalue weighted by molar-refractivity contribution is 5.93. The lowest BCUT2D eigenvalue weighted by atomic mass is 9.52. The number of carbonyl (C=O) groups is 1. The second kappa shape index (κ2) is 5.57. The van der Waals surface area contributed by atoms with Gasteiger partial charge in [-0.1, -0.05) is 18.9 Å². The Morgan fingerprint density at radius 2 is 2.08 bits per heavy atom. The standard InChI is InChI=1S/C22H30N2O/c1-14(15-5-6-15)24-11-10-22-9-3-2-4-18(22)20(24)13-16-7-8-17(21(23)25)12-19(16)22/h7-8,12,14-15,18,20H,2-6,9-11,13H2,1H3,(H2,23,25)/t14-,18+,20?,22-/m1/s1. The Kier molecular flexibility index (Phi) is 3.54. The number of amides is 1. The van der Waals surface area contributed by atoms with Gasteiger partial charge in [0.25, 0.3) is 0 Å². The van der Waals surface area contributed by atoms with Crippen molar-refractivity contribution in [1.29, 1.82) is 0 Å². The van der Waals surface area contributed by atoms with Crippen molar-refractivity contribution in [2.75, 3.05) is 6.54 Å². The number of carbonyl (C=O) groups excluding carboxylic acids is 1. The summed E-state index contributed by atoms with van der Waals surface area (Å²) in [4.78, 5) is 14.6. The zero-order chi connectivity index (χ0) is 17.2. The van der Waals surface area contributed by atoms with Crippen molar-refractivity contribution in [3.05, 3.63) is 34.9 Å². The Hall–Kier alpha value is -1.35. The minimum Gasteiger partial charge on any atom is -0.366 e. The maximum absolute atomic E-state index is 11.8. The highest BCUT2D eigenvalue weighted by Crippen LogP contribution is 2.56. The van der Waals surface area contributed by atoms with Crippen LogP contribution in [-0.2, 0) is 11.8 Å². The van der Waals surface area contributed by atoms with Crippen molar-refractivity contribution >= 4 is 5.91 Å². The fourth-order valence-electron chi connectivity index (χ4n) is 6.54. The molecule has 1 amide bonds. The van der Waals surface area contributed by atoms with Crippen molar-refractivity contribution in [2.24, 2.45) is 17.6 Å². The first-order valence-corrected chi connectivity index (χ1v) is 10.3. The zero-order valence-corrected chi connectivity index (χ0v) is 15.3. The average molecular weight is 338 g/mol. The van der Waals surface area contributed by atoms with Gasteiger partial charge in [-0.15, -0.1) is 0 Å². The Morgan fingerprint density at radius 1 is 1.24 bits per heavy atom. The molecule has 134 valence electrons. The minimum absolute atomic E-state index is 0.284. The summed E-state index contributed by atoms with van der Waals surface area (Å²) < 4.78 is 0. The summed E-state index contributed by atoms with van der Waals surface area (Å²) in [6.07, 6.45) is 10.7. The molecule has 3 nitrogen and oxygen atoms in total. The fourth-order valence-corrected chi connectivity index (χ4v) is 6.54. The van der Waals surface area contributed by atoms with Gasteiger partial charge in [-0.05, 0) is 87.1 Å². The van der Waals surface area contributed by atoms with E-state index in [1.54, 1.807) is 0 Å². The van der Waals surface area contributed by atoms with Crippen LogP contribution in [0.25, 0.3) is 0 Å². The minimum atomic E-state index is -0.284. The van der Waals surface area contributed by atoms with Gasteiger partial charge in [0.2, 0.25) is 5.91 Å². The van der Waals surface area contributed by atoms with Gasteiger partial charge >= 0.3 is 0 Å². The second-order valence-corrected chi connectivity index (χ2v) is 9.08. The maximum atomic E-state index is 11.8. The number of likely N-dealkylation sites (tertiary alicyclic amines) is 1. The van der Waals surface area contributed by atoms with E-state index in [-0.39, 0.29) is 5.91 Å². The van der Waals surface area contributed by atoms with E-state index in [1.165, 1.54) is 62.6 Å². The molecule has 4 atom stereocenters. The van der Waals surface area contributed by atoms with Gasteiger partial charge in [0.05, 0.1) is 0 Å². The average Bonchev–Trinajstić information content (AvgIpc) is 3.46. The number of hydrogen-bond donors (Lipinski definition) is 1. The molecule has 1 unspecified atom stereocenters. The van der Waals surface area contributed by atoms with Crippen molar-refractivity contribution in [3.8, 4) is 0 Å². The molecule has 2 saturated carbocycles. The van der Waals surface area contributed by atoms with Crippen LogP contribution >= 0.6 is 0 Å². The summed E-state index contributed by atoms with van der Waals surface area (Å²) in [6, 6.07) is 7.77. The predicted molar refractivity (Wildman–Crippen MR) is 99.6 cm³/mol. The van der Waals surface area contributed by atoms with E-state index in [0.717, 1.165) is 24.3 Å². The molecular weight excluding hydrogens is 308 g/mol. The lowest BCUT2D eigenvalue weighted by Crippen LogP contribution is -2.63. The number of nitrogens with zero attached hydrogens (tertiary/aromatic N) is 1. The first-order valence-electron chi connectivity index (χ1n) is 10.3. The number of rotatable bonds is 3. The Morgan fingerprint density at radius 3 is 2.84 bits per heavy atom. The third kappa shape index (κ3) is 2.31. The van der Waals surface area contributed by atoms with Crippen LogP contribution in [0.15, 0.2) is 18.2 Å². The van der Waals surface area contributed by atoms with Gasteiger partial charge in [-0.2, -0.15) is 0 Å². The van der Waals surface area contributed by atoms with Crippen LogP contribution < -0.4 is 5.73 Å². The molecule has 1 aliphatic heterocycles. The van der Waals surface area contributed by atoms with Gasteiger partial charge in [-0.25, -0.2) is 0 Å². The maximum Gasteiger partial charge on any atom is 0.248 e. The van der Waals surface area contributed by atoms with Crippen molar-refractivity contribution in [3.63, 3.8) is 0 Å². The molecule has 0 spiro atoms. The molecule has 3 heteroatoms. The summed E-state index contributed by atoms with van der Waals surface area (Å²) in [5, 5.41) is 0. The molecule has 1 heterocycles. The van der Waals surface area contributed by atoms with E-state index in [2.05, 4.69) is 24.0 Å².